The fraction of sp³-hybridized carbons (Fsp3) is 0.391. The highest BCUT2D eigenvalue weighted by Crippen LogP contribution is 2.27. The van der Waals surface area contributed by atoms with Crippen LogP contribution >= 0.6 is 12.4 Å². The van der Waals surface area contributed by atoms with Gasteiger partial charge in [0.25, 0.3) is 5.91 Å². The zero-order valence-corrected chi connectivity index (χ0v) is 17.8. The Morgan fingerprint density at radius 1 is 1.23 bits per heavy atom. The minimum absolute atomic E-state index is 0. The van der Waals surface area contributed by atoms with Crippen molar-refractivity contribution < 1.29 is 9.21 Å². The molecule has 5 rings (SSSR count). The number of hydrogen-bond donors (Lipinski definition) is 2. The SMILES string of the molecule is Cc1cc(CCc2c[nH]c3ccccc23)oc(=O)c1C(=O)N1CC[C@@H]2NCC[C@@H]21.Cl. The molecule has 0 radical (unpaired) electrons. The van der Waals surface area contributed by atoms with Crippen LogP contribution in [0.2, 0.25) is 0 Å². The summed E-state index contributed by atoms with van der Waals surface area (Å²) in [7, 11) is 0. The maximum Gasteiger partial charge on any atom is 0.349 e. The Bertz CT molecular complexity index is 1140. The van der Waals surface area contributed by atoms with Gasteiger partial charge < -0.3 is 19.6 Å². The number of nitrogens with one attached hydrogen (secondary N) is 2. The molecule has 0 unspecified atom stereocenters. The topological polar surface area (TPSA) is 78.3 Å². The quantitative estimate of drug-likeness (QED) is 0.670. The summed E-state index contributed by atoms with van der Waals surface area (Å²) in [5.74, 6) is 0.437. The minimum Gasteiger partial charge on any atom is -0.427 e. The summed E-state index contributed by atoms with van der Waals surface area (Å²) in [6.45, 7) is 3.46. The summed E-state index contributed by atoms with van der Waals surface area (Å²) in [4.78, 5) is 30.9. The van der Waals surface area contributed by atoms with Gasteiger partial charge in [0, 0.05) is 42.1 Å². The minimum atomic E-state index is -0.515. The molecule has 1 aromatic carbocycles. The molecule has 2 aliphatic heterocycles. The van der Waals surface area contributed by atoms with Crippen molar-refractivity contribution >= 4 is 29.2 Å². The van der Waals surface area contributed by atoms with E-state index in [2.05, 4.69) is 16.4 Å². The number of hydrogen-bond acceptors (Lipinski definition) is 4. The molecule has 0 bridgehead atoms. The van der Waals surface area contributed by atoms with E-state index in [1.807, 2.05) is 42.3 Å². The average Bonchev–Trinajstić information content (AvgIpc) is 3.41. The third-order valence-electron chi connectivity index (χ3n) is 6.38. The lowest BCUT2D eigenvalue weighted by molar-refractivity contribution is 0.0731. The molecule has 2 N–H and O–H groups in total. The number of amides is 1. The zero-order chi connectivity index (χ0) is 20.0. The van der Waals surface area contributed by atoms with Gasteiger partial charge in [-0.25, -0.2) is 4.79 Å². The van der Waals surface area contributed by atoms with Gasteiger partial charge in [-0.05, 0) is 56.0 Å². The van der Waals surface area contributed by atoms with Gasteiger partial charge in [-0.15, -0.1) is 12.4 Å². The summed E-state index contributed by atoms with van der Waals surface area (Å²) in [6, 6.07) is 10.6. The van der Waals surface area contributed by atoms with Gasteiger partial charge in [0.05, 0.1) is 0 Å². The molecule has 0 aliphatic carbocycles. The second kappa shape index (κ2) is 8.28. The number of likely N-dealkylation sites (tertiary alicyclic amines) is 1. The summed E-state index contributed by atoms with van der Waals surface area (Å²) < 4.78 is 5.56. The number of para-hydroxylation sites is 1. The molecule has 7 heteroatoms. The van der Waals surface area contributed by atoms with Crippen molar-refractivity contribution in [3.8, 4) is 0 Å². The molecule has 2 saturated heterocycles. The number of aromatic nitrogens is 1. The third-order valence-corrected chi connectivity index (χ3v) is 6.38. The third kappa shape index (κ3) is 3.55. The lowest BCUT2D eigenvalue weighted by Gasteiger charge is -2.23. The van der Waals surface area contributed by atoms with Crippen LogP contribution in [0, 0.1) is 6.92 Å². The van der Waals surface area contributed by atoms with E-state index in [0.717, 1.165) is 31.3 Å². The van der Waals surface area contributed by atoms with Gasteiger partial charge in [-0.2, -0.15) is 0 Å². The molecule has 2 fully saturated rings. The summed E-state index contributed by atoms with van der Waals surface area (Å²) in [5, 5.41) is 4.63. The number of H-pyrrole nitrogens is 1. The maximum atomic E-state index is 13.1. The van der Waals surface area contributed by atoms with Crippen LogP contribution in [0.4, 0.5) is 0 Å². The number of nitrogens with zero attached hydrogens (tertiary/aromatic N) is 1. The van der Waals surface area contributed by atoms with E-state index in [0.29, 0.717) is 30.3 Å². The van der Waals surface area contributed by atoms with E-state index >= 15 is 0 Å². The number of carbonyl (C=O) groups excluding carboxylic acids is 1. The molecule has 30 heavy (non-hydrogen) atoms. The van der Waals surface area contributed by atoms with E-state index in [4.69, 9.17) is 4.42 Å². The second-order valence-electron chi connectivity index (χ2n) is 8.12. The van der Waals surface area contributed by atoms with Crippen molar-refractivity contribution in [3.63, 3.8) is 0 Å². The van der Waals surface area contributed by atoms with Crippen LogP contribution in [-0.4, -0.2) is 41.0 Å². The number of benzene rings is 1. The zero-order valence-electron chi connectivity index (χ0n) is 16.9. The van der Waals surface area contributed by atoms with Gasteiger partial charge in [-0.3, -0.25) is 4.79 Å². The van der Waals surface area contributed by atoms with Crippen molar-refractivity contribution in [2.75, 3.05) is 13.1 Å². The predicted molar refractivity (Wildman–Crippen MR) is 119 cm³/mol. The molecule has 158 valence electrons. The number of rotatable bonds is 4. The van der Waals surface area contributed by atoms with E-state index in [1.165, 1.54) is 10.9 Å². The van der Waals surface area contributed by atoms with Crippen LogP contribution in [-0.2, 0) is 12.8 Å². The van der Waals surface area contributed by atoms with Gasteiger partial charge in [0.1, 0.15) is 11.3 Å². The van der Waals surface area contributed by atoms with Crippen molar-refractivity contribution in [1.82, 2.24) is 15.2 Å². The van der Waals surface area contributed by atoms with Gasteiger partial charge in [-0.1, -0.05) is 18.2 Å². The number of fused-ring (bicyclic) bond motifs is 2. The molecule has 2 aliphatic rings. The lowest BCUT2D eigenvalue weighted by Crippen LogP contribution is -2.40. The van der Waals surface area contributed by atoms with Crippen LogP contribution < -0.4 is 10.9 Å². The van der Waals surface area contributed by atoms with Crippen molar-refractivity contribution in [3.05, 3.63) is 69.4 Å². The first kappa shape index (κ1) is 20.7. The first-order valence-electron chi connectivity index (χ1n) is 10.3. The molecule has 0 saturated carbocycles. The van der Waals surface area contributed by atoms with E-state index < -0.39 is 5.63 Å². The van der Waals surface area contributed by atoms with Gasteiger partial charge >= 0.3 is 5.63 Å². The summed E-state index contributed by atoms with van der Waals surface area (Å²) in [6.07, 6.45) is 5.28. The van der Waals surface area contributed by atoms with Crippen molar-refractivity contribution in [2.45, 2.75) is 44.7 Å². The van der Waals surface area contributed by atoms with Crippen LogP contribution in [0.3, 0.4) is 0 Å². The van der Waals surface area contributed by atoms with Crippen LogP contribution in [0.25, 0.3) is 10.9 Å². The molecule has 3 aromatic rings. The second-order valence-corrected chi connectivity index (χ2v) is 8.12. The largest absolute Gasteiger partial charge is 0.427 e. The molecular formula is C23H26ClN3O3. The Hall–Kier alpha value is -2.57. The maximum absolute atomic E-state index is 13.1. The standard InChI is InChI=1S/C23H25N3O3.ClH/c1-14-12-16(7-6-15-13-25-18-5-3-2-4-17(15)18)29-23(28)21(14)22(27)26-11-9-19-20(26)8-10-24-19;/h2-5,12-13,19-20,24-25H,6-11H2,1H3;1H/t19-,20-;/m0./s1. The first-order chi connectivity index (χ1) is 14.1. The van der Waals surface area contributed by atoms with Crippen molar-refractivity contribution in [1.29, 1.82) is 0 Å². The fourth-order valence-electron chi connectivity index (χ4n) is 4.91. The highest BCUT2D eigenvalue weighted by Gasteiger charge is 2.41. The predicted octanol–water partition coefficient (Wildman–Crippen LogP) is 3.21. The highest BCUT2D eigenvalue weighted by molar-refractivity contribution is 5.95. The molecular weight excluding hydrogens is 402 g/mol. The molecule has 2 atom stereocenters. The van der Waals surface area contributed by atoms with Crippen LogP contribution in [0.15, 0.2) is 45.7 Å². The Morgan fingerprint density at radius 3 is 2.90 bits per heavy atom. The number of aryl methyl sites for hydroxylation is 3. The Morgan fingerprint density at radius 2 is 2.07 bits per heavy atom. The number of aromatic amines is 1. The Kier molecular flexibility index (Phi) is 5.71. The Labute approximate surface area is 181 Å². The smallest absolute Gasteiger partial charge is 0.349 e. The average molecular weight is 428 g/mol. The fourth-order valence-corrected chi connectivity index (χ4v) is 4.91. The lowest BCUT2D eigenvalue weighted by atomic mass is 10.0. The van der Waals surface area contributed by atoms with E-state index in [9.17, 15) is 9.59 Å². The van der Waals surface area contributed by atoms with E-state index in [1.54, 1.807) is 0 Å². The normalized spacial score (nSPS) is 20.4. The Balaban J connectivity index is 0.00000218. The highest BCUT2D eigenvalue weighted by atomic mass is 35.5. The number of carbonyl (C=O) groups is 1. The van der Waals surface area contributed by atoms with Gasteiger partial charge in [0.2, 0.25) is 0 Å². The molecule has 1 amide bonds. The first-order valence-corrected chi connectivity index (χ1v) is 10.3. The molecule has 4 heterocycles. The van der Waals surface area contributed by atoms with Crippen molar-refractivity contribution in [2.24, 2.45) is 0 Å². The van der Waals surface area contributed by atoms with Crippen LogP contribution in [0.1, 0.15) is 40.1 Å². The summed E-state index contributed by atoms with van der Waals surface area (Å²) >= 11 is 0. The van der Waals surface area contributed by atoms with Crippen LogP contribution in [0.5, 0.6) is 0 Å². The van der Waals surface area contributed by atoms with E-state index in [-0.39, 0.29) is 29.9 Å². The number of halogens is 1. The van der Waals surface area contributed by atoms with Gasteiger partial charge in [0.15, 0.2) is 0 Å². The molecule has 0 spiro atoms. The molecule has 2 aromatic heterocycles. The summed E-state index contributed by atoms with van der Waals surface area (Å²) in [5.41, 5.74) is 2.67. The molecule has 6 nitrogen and oxygen atoms in total. The monoisotopic (exact) mass is 427 g/mol.